The molecule has 2 aliphatic heterocycles. The van der Waals surface area contributed by atoms with Crippen LogP contribution in [0.15, 0.2) is 48.6 Å². The molecule has 0 aromatic heterocycles. The second-order valence-corrected chi connectivity index (χ2v) is 9.16. The second-order valence-electron chi connectivity index (χ2n) is 9.16. The van der Waals surface area contributed by atoms with Crippen LogP contribution in [0.4, 0.5) is 5.69 Å². The maximum absolute atomic E-state index is 9.55. The van der Waals surface area contributed by atoms with E-state index in [9.17, 15) is 9.59 Å². The van der Waals surface area contributed by atoms with Gasteiger partial charge < -0.3 is 35.1 Å². The van der Waals surface area contributed by atoms with E-state index in [-0.39, 0.29) is 0 Å². The minimum Gasteiger partial charge on any atom is -0.493 e. The first-order valence-electron chi connectivity index (χ1n) is 12.4. The lowest BCUT2D eigenvalue weighted by molar-refractivity contribution is -0.134. The number of nitrogen functional groups attached to an aromatic ring is 1. The van der Waals surface area contributed by atoms with Gasteiger partial charge in [-0.2, -0.15) is 0 Å². The van der Waals surface area contributed by atoms with Crippen molar-refractivity contribution in [3.8, 4) is 17.2 Å². The molecule has 1 fully saturated rings. The average Bonchev–Trinajstić information content (AvgIpc) is 2.91. The smallest absolute Gasteiger partial charge is 0.328 e. The fraction of sp³-hybridized carbons (Fsp3) is 0.429. The van der Waals surface area contributed by atoms with E-state index >= 15 is 0 Å². The van der Waals surface area contributed by atoms with E-state index in [1.165, 1.54) is 30.4 Å². The Morgan fingerprint density at radius 2 is 1.68 bits per heavy atom. The number of hydrogen-bond donors (Lipinski definition) is 3. The molecule has 1 atom stereocenters. The molecule has 200 valence electrons. The molecule has 37 heavy (non-hydrogen) atoms. The van der Waals surface area contributed by atoms with Gasteiger partial charge in [0.2, 0.25) is 0 Å². The SMILES string of the molecule is COc1ccc(C2CCN(CCC3CCOc4ccc(N)cc43)CC2)cc1OC.O=C(O)/C=C/C(=O)O. The molecule has 2 aliphatic rings. The Bertz CT molecular complexity index is 1080. The third kappa shape index (κ3) is 8.15. The highest BCUT2D eigenvalue weighted by molar-refractivity contribution is 5.89. The highest BCUT2D eigenvalue weighted by atomic mass is 16.5. The van der Waals surface area contributed by atoms with Crippen LogP contribution in [0.3, 0.4) is 0 Å². The number of methoxy groups -OCH3 is 2. The van der Waals surface area contributed by atoms with Gasteiger partial charge in [0.1, 0.15) is 5.75 Å². The number of benzene rings is 2. The topological polar surface area (TPSA) is 132 Å². The van der Waals surface area contributed by atoms with E-state index in [0.717, 1.165) is 55.6 Å². The fourth-order valence-electron chi connectivity index (χ4n) is 4.86. The van der Waals surface area contributed by atoms with E-state index < -0.39 is 11.9 Å². The Balaban J connectivity index is 0.000000414. The van der Waals surface area contributed by atoms with E-state index in [4.69, 9.17) is 30.2 Å². The number of nitrogens with two attached hydrogens (primary N) is 1. The summed E-state index contributed by atoms with van der Waals surface area (Å²) in [6.07, 6.45) is 5.74. The van der Waals surface area contributed by atoms with Crippen LogP contribution >= 0.6 is 0 Å². The first-order valence-corrected chi connectivity index (χ1v) is 12.4. The maximum Gasteiger partial charge on any atom is 0.328 e. The number of carboxylic acid groups (broad SMARTS) is 2. The molecule has 2 aromatic rings. The van der Waals surface area contributed by atoms with Gasteiger partial charge in [0.25, 0.3) is 0 Å². The van der Waals surface area contributed by atoms with Crippen molar-refractivity contribution in [1.82, 2.24) is 4.90 Å². The zero-order valence-corrected chi connectivity index (χ0v) is 21.4. The van der Waals surface area contributed by atoms with Gasteiger partial charge in [0, 0.05) is 17.8 Å². The quantitative estimate of drug-likeness (QED) is 0.353. The third-order valence-electron chi connectivity index (χ3n) is 6.83. The summed E-state index contributed by atoms with van der Waals surface area (Å²) in [4.78, 5) is 21.7. The lowest BCUT2D eigenvalue weighted by atomic mass is 9.87. The van der Waals surface area contributed by atoms with Gasteiger partial charge in [-0.05, 0) is 98.6 Å². The van der Waals surface area contributed by atoms with Crippen molar-refractivity contribution in [2.75, 3.05) is 46.2 Å². The van der Waals surface area contributed by atoms with Gasteiger partial charge in [-0.1, -0.05) is 6.07 Å². The second kappa shape index (κ2) is 13.5. The molecule has 4 N–H and O–H groups in total. The Labute approximate surface area is 217 Å². The summed E-state index contributed by atoms with van der Waals surface area (Å²) in [6, 6.07) is 12.4. The summed E-state index contributed by atoms with van der Waals surface area (Å²) >= 11 is 0. The van der Waals surface area contributed by atoms with Crippen molar-refractivity contribution in [3.05, 3.63) is 59.7 Å². The molecule has 0 saturated carbocycles. The molecule has 0 amide bonds. The maximum atomic E-state index is 9.55. The summed E-state index contributed by atoms with van der Waals surface area (Å²) in [5, 5.41) is 15.6. The number of hydrogen-bond acceptors (Lipinski definition) is 7. The minimum atomic E-state index is -1.26. The van der Waals surface area contributed by atoms with E-state index in [0.29, 0.717) is 24.0 Å². The predicted octanol–water partition coefficient (Wildman–Crippen LogP) is 4.13. The first kappa shape index (κ1) is 27.9. The van der Waals surface area contributed by atoms with Crippen LogP contribution in [-0.4, -0.2) is 67.5 Å². The van der Waals surface area contributed by atoms with Crippen LogP contribution in [0, 0.1) is 0 Å². The number of ether oxygens (including phenoxy) is 3. The number of carboxylic acids is 2. The number of likely N-dealkylation sites (tertiary alicyclic amines) is 1. The predicted molar refractivity (Wildman–Crippen MR) is 141 cm³/mol. The van der Waals surface area contributed by atoms with Gasteiger partial charge in [0.15, 0.2) is 11.5 Å². The first-order chi connectivity index (χ1) is 17.8. The summed E-state index contributed by atoms with van der Waals surface area (Å²) in [6.45, 7) is 4.23. The molecule has 0 bridgehead atoms. The summed E-state index contributed by atoms with van der Waals surface area (Å²) in [5.74, 6) is 1.26. The van der Waals surface area contributed by atoms with Crippen LogP contribution < -0.4 is 19.9 Å². The van der Waals surface area contributed by atoms with Crippen LogP contribution in [0.1, 0.15) is 48.6 Å². The van der Waals surface area contributed by atoms with Crippen molar-refractivity contribution in [1.29, 1.82) is 0 Å². The van der Waals surface area contributed by atoms with Gasteiger partial charge in [0.05, 0.1) is 20.8 Å². The van der Waals surface area contributed by atoms with Crippen LogP contribution in [0.25, 0.3) is 0 Å². The Hall–Kier alpha value is -3.72. The summed E-state index contributed by atoms with van der Waals surface area (Å²) in [5.41, 5.74) is 9.48. The zero-order chi connectivity index (χ0) is 26.8. The molecule has 2 aromatic carbocycles. The number of anilines is 1. The molecule has 9 heteroatoms. The molecule has 0 aliphatic carbocycles. The number of piperidine rings is 1. The molecule has 2 heterocycles. The lowest BCUT2D eigenvalue weighted by Crippen LogP contribution is -2.34. The zero-order valence-electron chi connectivity index (χ0n) is 21.4. The van der Waals surface area contributed by atoms with Crippen molar-refractivity contribution in [2.45, 2.75) is 37.5 Å². The molecular formula is C28H36N2O7. The van der Waals surface area contributed by atoms with Gasteiger partial charge in [-0.15, -0.1) is 0 Å². The van der Waals surface area contributed by atoms with Crippen LogP contribution in [-0.2, 0) is 9.59 Å². The Morgan fingerprint density at radius 3 is 2.30 bits per heavy atom. The molecule has 9 nitrogen and oxygen atoms in total. The molecule has 0 radical (unpaired) electrons. The van der Waals surface area contributed by atoms with Gasteiger partial charge in [-0.25, -0.2) is 9.59 Å². The molecule has 0 spiro atoms. The van der Waals surface area contributed by atoms with Gasteiger partial charge >= 0.3 is 11.9 Å². The van der Waals surface area contributed by atoms with E-state index in [1.54, 1.807) is 14.2 Å². The highest BCUT2D eigenvalue weighted by Crippen LogP contribution is 2.38. The van der Waals surface area contributed by atoms with E-state index in [1.807, 2.05) is 18.2 Å². The number of carbonyl (C=O) groups is 2. The molecule has 1 saturated heterocycles. The Kier molecular flexibility index (Phi) is 10.2. The molecular weight excluding hydrogens is 476 g/mol. The normalized spacial score (nSPS) is 17.7. The van der Waals surface area contributed by atoms with Crippen LogP contribution in [0.2, 0.25) is 0 Å². The number of aliphatic carboxylic acids is 2. The average molecular weight is 513 g/mol. The summed E-state index contributed by atoms with van der Waals surface area (Å²) < 4.78 is 16.7. The minimum absolute atomic E-state index is 0.547. The monoisotopic (exact) mass is 512 g/mol. The third-order valence-corrected chi connectivity index (χ3v) is 6.83. The van der Waals surface area contributed by atoms with Crippen molar-refractivity contribution >= 4 is 17.6 Å². The molecule has 4 rings (SSSR count). The number of rotatable bonds is 8. The van der Waals surface area contributed by atoms with Crippen molar-refractivity contribution in [3.63, 3.8) is 0 Å². The van der Waals surface area contributed by atoms with Crippen molar-refractivity contribution < 1.29 is 34.0 Å². The van der Waals surface area contributed by atoms with Crippen molar-refractivity contribution in [2.24, 2.45) is 0 Å². The standard InChI is InChI=1S/C24H32N2O3.C4H4O4/c1-27-23-5-3-19(15-24(23)28-2)17-7-11-26(12-8-17)13-9-18-10-14-29-22-6-4-20(25)16-21(18)22;5-3(6)1-2-4(7)8/h3-6,15-18H,7-14,25H2,1-2H3;1-2H,(H,5,6)(H,7,8)/b;2-1+. The van der Waals surface area contributed by atoms with Gasteiger partial charge in [-0.3, -0.25) is 0 Å². The van der Waals surface area contributed by atoms with E-state index in [2.05, 4.69) is 23.1 Å². The largest absolute Gasteiger partial charge is 0.493 e. The lowest BCUT2D eigenvalue weighted by Gasteiger charge is -2.34. The Morgan fingerprint density at radius 1 is 1.00 bits per heavy atom. The fourth-order valence-corrected chi connectivity index (χ4v) is 4.86. The highest BCUT2D eigenvalue weighted by Gasteiger charge is 2.25. The van der Waals surface area contributed by atoms with Crippen LogP contribution in [0.5, 0.6) is 17.2 Å². The number of nitrogens with zero attached hydrogens (tertiary/aromatic N) is 1. The molecule has 1 unspecified atom stereocenters. The number of fused-ring (bicyclic) bond motifs is 1. The summed E-state index contributed by atoms with van der Waals surface area (Å²) in [7, 11) is 3.38.